The van der Waals surface area contributed by atoms with E-state index in [2.05, 4.69) is 5.32 Å². The molecule has 0 aromatic carbocycles. The van der Waals surface area contributed by atoms with E-state index in [1.807, 2.05) is 5.32 Å². The predicted molar refractivity (Wildman–Crippen MR) is 105 cm³/mol. The Morgan fingerprint density at radius 1 is 0.963 bits per heavy atom. The molecule has 0 heterocycles. The zero-order chi connectivity index (χ0) is 20.3. The monoisotopic (exact) mass is 386 g/mol. The van der Waals surface area contributed by atoms with Gasteiger partial charge in [-0.25, -0.2) is 9.59 Å². The van der Waals surface area contributed by atoms with E-state index in [1.54, 1.807) is 20.8 Å². The standard InChI is InChI=1S/C12H23N.C8H15NO5/c1-3-7-11(8-4-1)13-12-9-5-2-6-10-12;1-8(2,3)14-7(13)9-5(4-10)6(11)12/h11-13H,1-10H2;5,10H,4H2,1-3H3,(H,9,13)(H,11,12)/t;5-/m.0/s1. The number of alkyl carbamates (subject to hydrolysis) is 1. The van der Waals surface area contributed by atoms with Crippen LogP contribution in [0.25, 0.3) is 0 Å². The molecule has 0 unspecified atom stereocenters. The molecule has 0 saturated heterocycles. The van der Waals surface area contributed by atoms with Crippen molar-refractivity contribution in [1.29, 1.82) is 0 Å². The van der Waals surface area contributed by atoms with Crippen molar-refractivity contribution >= 4 is 12.1 Å². The molecule has 2 aliphatic carbocycles. The van der Waals surface area contributed by atoms with Crippen LogP contribution in [-0.4, -0.2) is 52.6 Å². The summed E-state index contributed by atoms with van der Waals surface area (Å²) in [5.74, 6) is -1.31. The Morgan fingerprint density at radius 2 is 1.41 bits per heavy atom. The number of ether oxygens (including phenoxy) is 1. The quantitative estimate of drug-likeness (QED) is 0.578. The van der Waals surface area contributed by atoms with Crippen molar-refractivity contribution in [3.05, 3.63) is 0 Å². The largest absolute Gasteiger partial charge is 0.480 e. The second kappa shape index (κ2) is 12.2. The molecule has 7 nitrogen and oxygen atoms in total. The second-order valence-corrected chi connectivity index (χ2v) is 8.56. The molecule has 2 fully saturated rings. The lowest BCUT2D eigenvalue weighted by molar-refractivity contribution is -0.140. The molecule has 0 bridgehead atoms. The van der Waals surface area contributed by atoms with Gasteiger partial charge in [0.2, 0.25) is 0 Å². The van der Waals surface area contributed by atoms with Crippen molar-refractivity contribution in [2.45, 2.75) is 109 Å². The number of nitrogens with one attached hydrogen (secondary N) is 2. The Labute approximate surface area is 163 Å². The van der Waals surface area contributed by atoms with Crippen LogP contribution in [0.1, 0.15) is 85.0 Å². The number of aliphatic hydroxyl groups excluding tert-OH is 1. The number of carbonyl (C=O) groups is 2. The van der Waals surface area contributed by atoms with Gasteiger partial charge in [0.05, 0.1) is 6.61 Å². The summed E-state index contributed by atoms with van der Waals surface area (Å²) in [4.78, 5) is 21.4. The first kappa shape index (κ1) is 23.7. The molecular formula is C20H38N2O5. The highest BCUT2D eigenvalue weighted by Crippen LogP contribution is 2.22. The molecule has 0 aliphatic heterocycles. The number of rotatable bonds is 5. The number of amides is 1. The average Bonchev–Trinajstić information content (AvgIpc) is 2.60. The summed E-state index contributed by atoms with van der Waals surface area (Å²) in [6.45, 7) is 4.29. The third-order valence-corrected chi connectivity index (χ3v) is 4.85. The zero-order valence-electron chi connectivity index (χ0n) is 17.1. The zero-order valence-corrected chi connectivity index (χ0v) is 17.1. The summed E-state index contributed by atoms with van der Waals surface area (Å²) < 4.78 is 4.80. The van der Waals surface area contributed by atoms with Crippen molar-refractivity contribution in [3.8, 4) is 0 Å². The first-order valence-electron chi connectivity index (χ1n) is 10.3. The van der Waals surface area contributed by atoms with E-state index in [0.717, 1.165) is 12.1 Å². The molecule has 0 aromatic rings. The van der Waals surface area contributed by atoms with Gasteiger partial charge in [0.25, 0.3) is 0 Å². The van der Waals surface area contributed by atoms with Crippen molar-refractivity contribution in [2.24, 2.45) is 0 Å². The number of aliphatic carboxylic acids is 1. The number of hydrogen-bond donors (Lipinski definition) is 4. The number of carbonyl (C=O) groups excluding carboxylic acids is 1. The number of carboxylic acids is 1. The summed E-state index contributed by atoms with van der Waals surface area (Å²) >= 11 is 0. The smallest absolute Gasteiger partial charge is 0.408 e. The summed E-state index contributed by atoms with van der Waals surface area (Å²) in [5.41, 5.74) is -0.692. The summed E-state index contributed by atoms with van der Waals surface area (Å²) in [6, 6.07) is 0.415. The van der Waals surface area contributed by atoms with Gasteiger partial charge in [-0.15, -0.1) is 0 Å². The van der Waals surface area contributed by atoms with Gasteiger partial charge in [0, 0.05) is 12.1 Å². The minimum Gasteiger partial charge on any atom is -0.480 e. The highest BCUT2D eigenvalue weighted by molar-refractivity contribution is 5.80. The first-order valence-corrected chi connectivity index (χ1v) is 10.3. The van der Waals surface area contributed by atoms with Crippen LogP contribution in [0.4, 0.5) is 4.79 Å². The predicted octanol–water partition coefficient (Wildman–Crippen LogP) is 3.20. The molecule has 1 amide bonds. The maximum absolute atomic E-state index is 11.0. The van der Waals surface area contributed by atoms with E-state index in [0.29, 0.717) is 0 Å². The van der Waals surface area contributed by atoms with Crippen LogP contribution in [0.5, 0.6) is 0 Å². The lowest BCUT2D eigenvalue weighted by Crippen LogP contribution is -2.45. The summed E-state index contributed by atoms with van der Waals surface area (Å²) in [7, 11) is 0. The van der Waals surface area contributed by atoms with E-state index >= 15 is 0 Å². The van der Waals surface area contributed by atoms with E-state index in [9.17, 15) is 9.59 Å². The molecule has 27 heavy (non-hydrogen) atoms. The van der Waals surface area contributed by atoms with Crippen LogP contribution >= 0.6 is 0 Å². The molecule has 0 radical (unpaired) electrons. The fourth-order valence-corrected chi connectivity index (χ4v) is 3.51. The van der Waals surface area contributed by atoms with Crippen LogP contribution < -0.4 is 10.6 Å². The highest BCUT2D eigenvalue weighted by Gasteiger charge is 2.23. The second-order valence-electron chi connectivity index (χ2n) is 8.56. The van der Waals surface area contributed by atoms with Gasteiger partial charge >= 0.3 is 12.1 Å². The van der Waals surface area contributed by atoms with Crippen LogP contribution in [-0.2, 0) is 9.53 Å². The van der Waals surface area contributed by atoms with Crippen LogP contribution in [0.2, 0.25) is 0 Å². The van der Waals surface area contributed by atoms with Gasteiger partial charge < -0.3 is 25.6 Å². The molecule has 2 saturated carbocycles. The minimum absolute atomic E-state index is 0.672. The number of hydrogen-bond acceptors (Lipinski definition) is 5. The van der Waals surface area contributed by atoms with Gasteiger partial charge in [-0.1, -0.05) is 38.5 Å². The normalized spacial score (nSPS) is 20.1. The molecule has 0 spiro atoms. The molecule has 1 atom stereocenters. The third-order valence-electron chi connectivity index (χ3n) is 4.85. The van der Waals surface area contributed by atoms with Gasteiger partial charge in [-0.3, -0.25) is 0 Å². The third kappa shape index (κ3) is 11.2. The van der Waals surface area contributed by atoms with Gasteiger partial charge in [-0.05, 0) is 46.5 Å². The van der Waals surface area contributed by atoms with E-state index in [4.69, 9.17) is 14.9 Å². The molecule has 2 aliphatic rings. The maximum Gasteiger partial charge on any atom is 0.408 e. The Hall–Kier alpha value is -1.34. The Balaban J connectivity index is 0.000000270. The molecule has 7 heteroatoms. The summed E-state index contributed by atoms with van der Waals surface area (Å²) in [5, 5.41) is 23.0. The Bertz CT molecular complexity index is 422. The van der Waals surface area contributed by atoms with Gasteiger partial charge in [0.1, 0.15) is 5.60 Å². The first-order chi connectivity index (χ1) is 12.7. The number of aliphatic hydroxyl groups is 1. The van der Waals surface area contributed by atoms with Crippen molar-refractivity contribution < 1.29 is 24.5 Å². The van der Waals surface area contributed by atoms with Crippen LogP contribution in [0.3, 0.4) is 0 Å². The SMILES string of the molecule is C1CCC(NC2CCCCC2)CC1.CC(C)(C)OC(=O)N[C@@H](CO)C(=O)O. The number of carboxylic acid groups (broad SMARTS) is 1. The molecule has 4 N–H and O–H groups in total. The van der Waals surface area contributed by atoms with Gasteiger partial charge in [0.15, 0.2) is 6.04 Å². The molecule has 2 rings (SSSR count). The summed E-state index contributed by atoms with van der Waals surface area (Å²) in [6.07, 6.45) is 13.7. The Kier molecular flexibility index (Phi) is 10.7. The van der Waals surface area contributed by atoms with Crippen molar-refractivity contribution in [3.63, 3.8) is 0 Å². The van der Waals surface area contributed by atoms with Gasteiger partial charge in [-0.2, -0.15) is 0 Å². The topological polar surface area (TPSA) is 108 Å². The minimum atomic E-state index is -1.33. The van der Waals surface area contributed by atoms with Crippen LogP contribution in [0.15, 0.2) is 0 Å². The van der Waals surface area contributed by atoms with Crippen molar-refractivity contribution in [1.82, 2.24) is 10.6 Å². The van der Waals surface area contributed by atoms with E-state index in [1.165, 1.54) is 64.2 Å². The Morgan fingerprint density at radius 3 is 1.74 bits per heavy atom. The highest BCUT2D eigenvalue weighted by atomic mass is 16.6. The van der Waals surface area contributed by atoms with E-state index < -0.39 is 30.3 Å². The molecule has 158 valence electrons. The average molecular weight is 387 g/mol. The maximum atomic E-state index is 11.0. The molecular weight excluding hydrogens is 348 g/mol. The fourth-order valence-electron chi connectivity index (χ4n) is 3.51. The lowest BCUT2D eigenvalue weighted by Gasteiger charge is -2.30. The molecule has 0 aromatic heterocycles. The van der Waals surface area contributed by atoms with Crippen molar-refractivity contribution in [2.75, 3.05) is 6.61 Å². The fraction of sp³-hybridized carbons (Fsp3) is 0.900. The van der Waals surface area contributed by atoms with Crippen LogP contribution in [0, 0.1) is 0 Å². The van der Waals surface area contributed by atoms with E-state index in [-0.39, 0.29) is 0 Å². The lowest BCUT2D eigenvalue weighted by atomic mass is 9.91.